The molecule has 0 unspecified atom stereocenters. The first kappa shape index (κ1) is 16.5. The van der Waals surface area contributed by atoms with Crippen LogP contribution in [0.25, 0.3) is 10.6 Å². The zero-order valence-electron chi connectivity index (χ0n) is 14.1. The molecule has 1 aliphatic rings. The lowest BCUT2D eigenvalue weighted by Crippen LogP contribution is -2.03. The van der Waals surface area contributed by atoms with Crippen molar-refractivity contribution in [3.63, 3.8) is 0 Å². The highest BCUT2D eigenvalue weighted by Gasteiger charge is 2.18. The Bertz CT molecular complexity index is 869. The van der Waals surface area contributed by atoms with Gasteiger partial charge in [0, 0.05) is 15.8 Å². The summed E-state index contributed by atoms with van der Waals surface area (Å²) in [6.07, 6.45) is 4.63. The Hall–Kier alpha value is -1.98. The van der Waals surface area contributed by atoms with E-state index < -0.39 is 0 Å². The van der Waals surface area contributed by atoms with Crippen molar-refractivity contribution in [2.75, 3.05) is 0 Å². The van der Waals surface area contributed by atoms with Gasteiger partial charge in [0.2, 0.25) is 0 Å². The topological polar surface area (TPSA) is 39.2 Å². The highest BCUT2D eigenvalue weighted by Crippen LogP contribution is 2.30. The average Bonchev–Trinajstić information content (AvgIpc) is 3.27. The second-order valence-corrected chi connectivity index (χ2v) is 8.35. The highest BCUT2D eigenvalue weighted by molar-refractivity contribution is 7.14. The number of ether oxygens (including phenoxy) is 1. The number of hydrogen-bond donors (Lipinski definition) is 0. The van der Waals surface area contributed by atoms with Gasteiger partial charge >= 0.3 is 5.97 Å². The summed E-state index contributed by atoms with van der Waals surface area (Å²) >= 11 is 3.17. The molecule has 128 valence electrons. The summed E-state index contributed by atoms with van der Waals surface area (Å²) in [6.45, 7) is 2.29. The van der Waals surface area contributed by atoms with Crippen LogP contribution < -0.4 is 0 Å². The first-order chi connectivity index (χ1) is 12.2. The average molecular weight is 370 g/mol. The van der Waals surface area contributed by atoms with E-state index in [1.165, 1.54) is 28.8 Å². The fraction of sp³-hybridized carbons (Fsp3) is 0.300. The summed E-state index contributed by atoms with van der Waals surface area (Å²) < 4.78 is 5.48. The molecule has 0 saturated heterocycles. The number of carbonyl (C=O) groups is 1. The molecule has 3 aromatic rings. The number of carbonyl (C=O) groups excluding carboxylic acids is 1. The Balaban J connectivity index is 1.40. The molecular formula is C20H19NO2S2. The Morgan fingerprint density at radius 2 is 2.00 bits per heavy atom. The van der Waals surface area contributed by atoms with Crippen molar-refractivity contribution in [3.8, 4) is 10.6 Å². The van der Waals surface area contributed by atoms with Crippen LogP contribution in [-0.4, -0.2) is 11.0 Å². The van der Waals surface area contributed by atoms with Crippen LogP contribution >= 0.6 is 22.7 Å². The number of hydrogen-bond acceptors (Lipinski definition) is 5. The molecule has 0 atom stereocenters. The minimum atomic E-state index is -0.232. The molecule has 0 saturated carbocycles. The second kappa shape index (κ2) is 7.10. The molecule has 25 heavy (non-hydrogen) atoms. The predicted octanol–water partition coefficient (Wildman–Crippen LogP) is 5.42. The number of thiazole rings is 1. The zero-order chi connectivity index (χ0) is 17.2. The Labute approximate surface area is 155 Å². The van der Waals surface area contributed by atoms with E-state index in [4.69, 9.17) is 4.74 Å². The van der Waals surface area contributed by atoms with Gasteiger partial charge in [0.1, 0.15) is 16.5 Å². The van der Waals surface area contributed by atoms with E-state index >= 15 is 0 Å². The molecule has 0 aliphatic heterocycles. The molecule has 3 nitrogen and oxygen atoms in total. The van der Waals surface area contributed by atoms with E-state index in [2.05, 4.69) is 36.2 Å². The van der Waals surface area contributed by atoms with Crippen molar-refractivity contribution in [2.45, 2.75) is 39.2 Å². The lowest BCUT2D eigenvalue weighted by Gasteiger charge is -2.08. The van der Waals surface area contributed by atoms with Gasteiger partial charge in [-0.1, -0.05) is 29.8 Å². The molecule has 0 radical (unpaired) electrons. The number of thiophene rings is 1. The number of esters is 1. The van der Waals surface area contributed by atoms with Gasteiger partial charge in [0.25, 0.3) is 0 Å². The number of fused-ring (bicyclic) bond motifs is 1. The van der Waals surface area contributed by atoms with E-state index in [0.717, 1.165) is 34.0 Å². The summed E-state index contributed by atoms with van der Waals surface area (Å²) in [7, 11) is 0. The van der Waals surface area contributed by atoms with Gasteiger partial charge in [-0.25, -0.2) is 9.78 Å². The van der Waals surface area contributed by atoms with E-state index in [9.17, 15) is 4.79 Å². The third-order valence-electron chi connectivity index (χ3n) is 4.40. The van der Waals surface area contributed by atoms with Crippen molar-refractivity contribution in [3.05, 3.63) is 62.3 Å². The van der Waals surface area contributed by atoms with Gasteiger partial charge in [0.05, 0.1) is 5.69 Å². The van der Waals surface area contributed by atoms with Crippen molar-refractivity contribution >= 4 is 28.6 Å². The van der Waals surface area contributed by atoms with Gasteiger partial charge < -0.3 is 4.74 Å². The van der Waals surface area contributed by atoms with Crippen LogP contribution in [0.1, 0.15) is 44.2 Å². The van der Waals surface area contributed by atoms with E-state index in [1.807, 2.05) is 11.4 Å². The Kier molecular flexibility index (Phi) is 4.68. The number of benzene rings is 1. The monoisotopic (exact) mass is 369 g/mol. The summed E-state index contributed by atoms with van der Waals surface area (Å²) in [5, 5.41) is 2.92. The van der Waals surface area contributed by atoms with Crippen LogP contribution in [0.4, 0.5) is 0 Å². The molecule has 0 N–H and O–H groups in total. The molecular weight excluding hydrogens is 350 g/mol. The van der Waals surface area contributed by atoms with Crippen molar-refractivity contribution in [1.82, 2.24) is 4.98 Å². The van der Waals surface area contributed by atoms with Crippen molar-refractivity contribution in [2.24, 2.45) is 0 Å². The maximum absolute atomic E-state index is 12.3. The summed E-state index contributed by atoms with van der Waals surface area (Å²) in [5.41, 5.74) is 4.46. The molecule has 0 spiro atoms. The van der Waals surface area contributed by atoms with Crippen molar-refractivity contribution < 1.29 is 9.53 Å². The minimum Gasteiger partial charge on any atom is -0.455 e. The molecule has 2 heterocycles. The quantitative estimate of drug-likeness (QED) is 0.577. The van der Waals surface area contributed by atoms with Crippen molar-refractivity contribution in [1.29, 1.82) is 0 Å². The highest BCUT2D eigenvalue weighted by atomic mass is 32.1. The summed E-state index contributed by atoms with van der Waals surface area (Å²) in [6, 6.07) is 10.3. The largest absolute Gasteiger partial charge is 0.455 e. The standard InChI is InChI=1S/C20H19NO2S2/c1-13-6-8-14(9-7-13)19-21-16(12-24-19)11-23-20(22)18-10-15-4-2-3-5-17(15)25-18/h6-10,12H,2-5,11H2,1H3. The molecule has 0 fully saturated rings. The van der Waals surface area contributed by atoms with Crippen LogP contribution in [0.3, 0.4) is 0 Å². The first-order valence-electron chi connectivity index (χ1n) is 8.49. The molecule has 1 aliphatic carbocycles. The molecule has 1 aromatic carbocycles. The Morgan fingerprint density at radius 3 is 2.80 bits per heavy atom. The second-order valence-electron chi connectivity index (χ2n) is 6.35. The lowest BCUT2D eigenvalue weighted by molar-refractivity contribution is 0.0474. The third kappa shape index (κ3) is 3.67. The van der Waals surface area contributed by atoms with Crippen LogP contribution in [0.2, 0.25) is 0 Å². The summed E-state index contributed by atoms with van der Waals surface area (Å²) in [5.74, 6) is -0.232. The van der Waals surface area contributed by atoms with Gasteiger partial charge in [-0.15, -0.1) is 22.7 Å². The molecule has 4 rings (SSSR count). The molecule has 0 bridgehead atoms. The molecule has 0 amide bonds. The SMILES string of the molecule is Cc1ccc(-c2nc(COC(=O)c3cc4c(s3)CCCC4)cs2)cc1. The zero-order valence-corrected chi connectivity index (χ0v) is 15.7. The molecule has 2 aromatic heterocycles. The van der Waals surface area contributed by atoms with E-state index in [-0.39, 0.29) is 12.6 Å². The fourth-order valence-electron chi connectivity index (χ4n) is 3.00. The minimum absolute atomic E-state index is 0.226. The van der Waals surface area contributed by atoms with Crippen LogP contribution in [0.15, 0.2) is 35.7 Å². The van der Waals surface area contributed by atoms with Crippen LogP contribution in [0.5, 0.6) is 0 Å². The number of aryl methyl sites for hydroxylation is 3. The normalized spacial score (nSPS) is 13.5. The van der Waals surface area contributed by atoms with E-state index in [0.29, 0.717) is 0 Å². The van der Waals surface area contributed by atoms with Crippen LogP contribution in [0, 0.1) is 6.92 Å². The first-order valence-corrected chi connectivity index (χ1v) is 10.2. The third-order valence-corrected chi connectivity index (χ3v) is 6.56. The van der Waals surface area contributed by atoms with Gasteiger partial charge in [-0.2, -0.15) is 0 Å². The smallest absolute Gasteiger partial charge is 0.348 e. The maximum Gasteiger partial charge on any atom is 0.348 e. The summed E-state index contributed by atoms with van der Waals surface area (Å²) in [4.78, 5) is 19.0. The van der Waals surface area contributed by atoms with Gasteiger partial charge in [-0.05, 0) is 44.2 Å². The molecule has 5 heteroatoms. The fourth-order valence-corrected chi connectivity index (χ4v) is 4.96. The lowest BCUT2D eigenvalue weighted by atomic mass is 9.99. The van der Waals surface area contributed by atoms with Gasteiger partial charge in [0.15, 0.2) is 0 Å². The number of rotatable bonds is 4. The van der Waals surface area contributed by atoms with E-state index in [1.54, 1.807) is 22.7 Å². The number of nitrogens with zero attached hydrogens (tertiary/aromatic N) is 1. The van der Waals surface area contributed by atoms with Crippen LogP contribution in [-0.2, 0) is 24.2 Å². The Morgan fingerprint density at radius 1 is 1.20 bits per heavy atom. The van der Waals surface area contributed by atoms with Gasteiger partial charge in [-0.3, -0.25) is 0 Å². The predicted molar refractivity (Wildman–Crippen MR) is 102 cm³/mol. The maximum atomic E-state index is 12.3. The number of aromatic nitrogens is 1.